The third-order valence-electron chi connectivity index (χ3n) is 3.41. The van der Waals surface area contributed by atoms with Crippen molar-refractivity contribution in [3.63, 3.8) is 0 Å². The summed E-state index contributed by atoms with van der Waals surface area (Å²) >= 11 is 0. The van der Waals surface area contributed by atoms with Crippen LogP contribution < -0.4 is 5.32 Å². The zero-order valence-corrected chi connectivity index (χ0v) is 10.6. The lowest BCUT2D eigenvalue weighted by atomic mass is 10.2. The molecular weight excluding hydrogens is 218 g/mol. The highest BCUT2D eigenvalue weighted by Gasteiger charge is 2.21. The fraction of sp³-hybridized carbons (Fsp3) is 1.00. The fourth-order valence-corrected chi connectivity index (χ4v) is 2.12. The van der Waals surface area contributed by atoms with Crippen LogP contribution in [0.15, 0.2) is 0 Å². The molecule has 2 atom stereocenters. The van der Waals surface area contributed by atoms with E-state index in [1.54, 1.807) is 0 Å². The van der Waals surface area contributed by atoms with Gasteiger partial charge in [0.05, 0.1) is 18.8 Å². The molecule has 0 bridgehead atoms. The summed E-state index contributed by atoms with van der Waals surface area (Å²) in [5.41, 5.74) is 0. The maximum Gasteiger partial charge on any atom is 0.0897 e. The van der Waals surface area contributed by atoms with Crippen LogP contribution in [0.1, 0.15) is 32.1 Å². The molecule has 0 aromatic heterocycles. The molecule has 1 heterocycles. The zero-order valence-electron chi connectivity index (χ0n) is 10.6. The molecule has 2 rings (SSSR count). The number of nitrogens with one attached hydrogen (secondary N) is 1. The van der Waals surface area contributed by atoms with Crippen molar-refractivity contribution < 1.29 is 14.6 Å². The van der Waals surface area contributed by atoms with Gasteiger partial charge < -0.3 is 19.9 Å². The molecule has 0 aromatic carbocycles. The summed E-state index contributed by atoms with van der Waals surface area (Å²) in [6.07, 6.45) is 6.10. The lowest BCUT2D eigenvalue weighted by Gasteiger charge is -2.13. The van der Waals surface area contributed by atoms with E-state index in [1.807, 2.05) is 0 Å². The summed E-state index contributed by atoms with van der Waals surface area (Å²) in [6, 6.07) is 0. The van der Waals surface area contributed by atoms with Crippen LogP contribution in [-0.2, 0) is 9.47 Å². The van der Waals surface area contributed by atoms with Gasteiger partial charge in [0, 0.05) is 19.8 Å². The molecule has 100 valence electrons. The molecule has 4 heteroatoms. The first kappa shape index (κ1) is 13.3. The Kier molecular flexibility index (Phi) is 5.71. The van der Waals surface area contributed by atoms with Gasteiger partial charge in [-0.15, -0.1) is 0 Å². The van der Waals surface area contributed by atoms with E-state index < -0.39 is 0 Å². The van der Waals surface area contributed by atoms with Crippen LogP contribution in [0.25, 0.3) is 0 Å². The molecule has 0 spiro atoms. The Balaban J connectivity index is 1.38. The number of hydrogen-bond acceptors (Lipinski definition) is 4. The number of hydrogen-bond donors (Lipinski definition) is 2. The standard InChI is InChI=1S/C13H25NO3/c15-12(10-16-9-11-3-4-11)8-14-6-5-13-2-1-7-17-13/h11-15H,1-10H2. The molecule has 2 unspecified atom stereocenters. The number of rotatable bonds is 9. The van der Waals surface area contributed by atoms with Crippen LogP contribution in [0.3, 0.4) is 0 Å². The van der Waals surface area contributed by atoms with Crippen molar-refractivity contribution in [3.05, 3.63) is 0 Å². The highest BCUT2D eigenvalue weighted by molar-refractivity contribution is 4.72. The average molecular weight is 243 g/mol. The van der Waals surface area contributed by atoms with E-state index in [0.717, 1.165) is 32.1 Å². The fourth-order valence-electron chi connectivity index (χ4n) is 2.12. The second-order valence-corrected chi connectivity index (χ2v) is 5.26. The largest absolute Gasteiger partial charge is 0.389 e. The molecule has 2 N–H and O–H groups in total. The lowest BCUT2D eigenvalue weighted by Crippen LogP contribution is -2.32. The van der Waals surface area contributed by atoms with E-state index in [-0.39, 0.29) is 6.10 Å². The van der Waals surface area contributed by atoms with Gasteiger partial charge in [-0.25, -0.2) is 0 Å². The van der Waals surface area contributed by atoms with Gasteiger partial charge in [0.2, 0.25) is 0 Å². The van der Waals surface area contributed by atoms with Gasteiger partial charge in [0.15, 0.2) is 0 Å². The minimum absolute atomic E-state index is 0.377. The Morgan fingerprint density at radius 2 is 2.24 bits per heavy atom. The number of aliphatic hydroxyl groups excluding tert-OH is 1. The van der Waals surface area contributed by atoms with Gasteiger partial charge in [0.1, 0.15) is 0 Å². The van der Waals surface area contributed by atoms with E-state index in [0.29, 0.717) is 19.3 Å². The van der Waals surface area contributed by atoms with Crippen molar-refractivity contribution in [2.24, 2.45) is 5.92 Å². The summed E-state index contributed by atoms with van der Waals surface area (Å²) in [4.78, 5) is 0. The smallest absolute Gasteiger partial charge is 0.0897 e. The molecule has 4 nitrogen and oxygen atoms in total. The maximum absolute atomic E-state index is 9.66. The molecule has 0 aromatic rings. The monoisotopic (exact) mass is 243 g/mol. The van der Waals surface area contributed by atoms with Crippen LogP contribution in [0.5, 0.6) is 0 Å². The second-order valence-electron chi connectivity index (χ2n) is 5.26. The Morgan fingerprint density at radius 1 is 1.35 bits per heavy atom. The summed E-state index contributed by atoms with van der Waals surface area (Å²) in [5, 5.41) is 12.9. The van der Waals surface area contributed by atoms with Crippen LogP contribution in [-0.4, -0.2) is 50.2 Å². The summed E-state index contributed by atoms with van der Waals surface area (Å²) in [7, 11) is 0. The molecule has 17 heavy (non-hydrogen) atoms. The number of ether oxygens (including phenoxy) is 2. The first-order valence-corrected chi connectivity index (χ1v) is 6.92. The highest BCUT2D eigenvalue weighted by atomic mass is 16.5. The first-order valence-electron chi connectivity index (χ1n) is 6.92. The summed E-state index contributed by atoms with van der Waals surface area (Å²) in [6.45, 7) is 3.75. The van der Waals surface area contributed by atoms with Gasteiger partial charge in [0.25, 0.3) is 0 Å². The third kappa shape index (κ3) is 5.82. The van der Waals surface area contributed by atoms with E-state index in [4.69, 9.17) is 9.47 Å². The normalized spacial score (nSPS) is 26.3. The van der Waals surface area contributed by atoms with Gasteiger partial charge in [-0.05, 0) is 44.6 Å². The Bertz CT molecular complexity index is 203. The minimum atomic E-state index is -0.377. The molecule has 1 aliphatic carbocycles. The van der Waals surface area contributed by atoms with Crippen molar-refractivity contribution in [2.45, 2.75) is 44.3 Å². The lowest BCUT2D eigenvalue weighted by molar-refractivity contribution is 0.0319. The third-order valence-corrected chi connectivity index (χ3v) is 3.41. The van der Waals surface area contributed by atoms with Crippen LogP contribution in [0.4, 0.5) is 0 Å². The van der Waals surface area contributed by atoms with Gasteiger partial charge in [-0.3, -0.25) is 0 Å². The van der Waals surface area contributed by atoms with Crippen LogP contribution >= 0.6 is 0 Å². The second kappa shape index (κ2) is 7.31. The zero-order chi connectivity index (χ0) is 11.9. The maximum atomic E-state index is 9.66. The van der Waals surface area contributed by atoms with Crippen molar-refractivity contribution in [3.8, 4) is 0 Å². The molecule has 2 aliphatic rings. The molecule has 0 amide bonds. The van der Waals surface area contributed by atoms with E-state index in [9.17, 15) is 5.11 Å². The quantitative estimate of drug-likeness (QED) is 0.592. The van der Waals surface area contributed by atoms with Gasteiger partial charge >= 0.3 is 0 Å². The van der Waals surface area contributed by atoms with E-state index in [2.05, 4.69) is 5.32 Å². The minimum Gasteiger partial charge on any atom is -0.389 e. The molecule has 1 aliphatic heterocycles. The van der Waals surface area contributed by atoms with E-state index in [1.165, 1.54) is 25.7 Å². The molecule has 2 fully saturated rings. The van der Waals surface area contributed by atoms with Crippen molar-refractivity contribution in [2.75, 3.05) is 32.9 Å². The summed E-state index contributed by atoms with van der Waals surface area (Å²) in [5.74, 6) is 0.773. The van der Waals surface area contributed by atoms with Crippen molar-refractivity contribution in [1.29, 1.82) is 0 Å². The summed E-state index contributed by atoms with van der Waals surface area (Å²) < 4.78 is 11.0. The topological polar surface area (TPSA) is 50.7 Å². The molecule has 1 saturated carbocycles. The predicted octanol–water partition coefficient (Wildman–Crippen LogP) is 0.933. The van der Waals surface area contributed by atoms with Crippen molar-refractivity contribution >= 4 is 0 Å². The Morgan fingerprint density at radius 3 is 2.94 bits per heavy atom. The van der Waals surface area contributed by atoms with Crippen LogP contribution in [0.2, 0.25) is 0 Å². The molecule has 1 saturated heterocycles. The van der Waals surface area contributed by atoms with Crippen LogP contribution in [0, 0.1) is 5.92 Å². The first-order chi connectivity index (χ1) is 8.34. The molecule has 0 radical (unpaired) electrons. The SMILES string of the molecule is OC(CNCCC1CCCO1)COCC1CC1. The van der Waals surface area contributed by atoms with E-state index >= 15 is 0 Å². The van der Waals surface area contributed by atoms with Crippen molar-refractivity contribution in [1.82, 2.24) is 5.32 Å². The van der Waals surface area contributed by atoms with Gasteiger partial charge in [-0.2, -0.15) is 0 Å². The Hall–Kier alpha value is -0.160. The highest BCUT2D eigenvalue weighted by Crippen LogP contribution is 2.28. The Labute approximate surface area is 104 Å². The average Bonchev–Trinajstić information content (AvgIpc) is 3.00. The molecular formula is C13H25NO3. The number of aliphatic hydroxyl groups is 1. The van der Waals surface area contributed by atoms with Gasteiger partial charge in [-0.1, -0.05) is 0 Å². The predicted molar refractivity (Wildman–Crippen MR) is 66.0 cm³/mol.